The lowest BCUT2D eigenvalue weighted by Gasteiger charge is -2.20. The molecule has 0 saturated carbocycles. The number of amides is 2. The Labute approximate surface area is 188 Å². The molecule has 1 aliphatic heterocycles. The van der Waals surface area contributed by atoms with Gasteiger partial charge in [-0.25, -0.2) is 4.98 Å². The number of benzene rings is 1. The van der Waals surface area contributed by atoms with Crippen LogP contribution in [0.25, 0.3) is 0 Å². The summed E-state index contributed by atoms with van der Waals surface area (Å²) in [6.07, 6.45) is 9.20. The zero-order chi connectivity index (χ0) is 22.8. The first-order valence-corrected chi connectivity index (χ1v) is 11.2. The first-order chi connectivity index (χ1) is 15.0. The number of carbonyl (C=O) groups is 2. The molecular formula is C24H28N4O2S. The number of imidazole rings is 1. The average molecular weight is 437 g/mol. The number of imide groups is 1. The Hall–Kier alpha value is -3.11. The molecule has 3 rings (SSSR count). The molecule has 2 heterocycles. The summed E-state index contributed by atoms with van der Waals surface area (Å²) >= 11 is 1.52. The predicted octanol–water partition coefficient (Wildman–Crippen LogP) is 5.02. The van der Waals surface area contributed by atoms with Gasteiger partial charge in [0.2, 0.25) is 11.8 Å². The Morgan fingerprint density at radius 1 is 1.10 bits per heavy atom. The lowest BCUT2D eigenvalue weighted by molar-refractivity contribution is -0.144. The van der Waals surface area contributed by atoms with Gasteiger partial charge in [-0.2, -0.15) is 5.26 Å². The van der Waals surface area contributed by atoms with E-state index >= 15 is 0 Å². The van der Waals surface area contributed by atoms with Crippen molar-refractivity contribution in [3.8, 4) is 6.07 Å². The highest BCUT2D eigenvalue weighted by atomic mass is 32.2. The molecule has 0 fully saturated rings. The molecule has 0 N–H and O–H groups in total. The highest BCUT2D eigenvalue weighted by molar-refractivity contribution is 7.99. The smallest absolute Gasteiger partial charge is 0.233 e. The second kappa shape index (κ2) is 11.9. The van der Waals surface area contributed by atoms with Crippen molar-refractivity contribution in [2.45, 2.75) is 63.5 Å². The highest BCUT2D eigenvalue weighted by Gasteiger charge is 2.23. The summed E-state index contributed by atoms with van der Waals surface area (Å²) < 4.78 is 2.00. The van der Waals surface area contributed by atoms with E-state index in [1.54, 1.807) is 30.5 Å². The summed E-state index contributed by atoms with van der Waals surface area (Å²) in [7, 11) is 0. The van der Waals surface area contributed by atoms with Gasteiger partial charge in [0, 0.05) is 24.3 Å². The molecule has 0 saturated heterocycles. The Balaban J connectivity index is 0.00000166. The van der Waals surface area contributed by atoms with E-state index < -0.39 is 0 Å². The fourth-order valence-electron chi connectivity index (χ4n) is 3.11. The summed E-state index contributed by atoms with van der Waals surface area (Å²) in [6, 6.07) is 7.89. The third kappa shape index (κ3) is 6.43. The molecule has 0 spiro atoms. The minimum atomic E-state index is -0.229. The Morgan fingerprint density at radius 3 is 2.32 bits per heavy atom. The van der Waals surface area contributed by atoms with Gasteiger partial charge in [-0.1, -0.05) is 49.9 Å². The van der Waals surface area contributed by atoms with Gasteiger partial charge < -0.3 is 4.57 Å². The molecule has 1 aromatic carbocycles. The second-order valence-corrected chi connectivity index (χ2v) is 7.74. The van der Waals surface area contributed by atoms with E-state index in [4.69, 9.17) is 0 Å². The molecule has 7 heteroatoms. The van der Waals surface area contributed by atoms with E-state index in [2.05, 4.69) is 11.1 Å². The van der Waals surface area contributed by atoms with Crippen LogP contribution in [0, 0.1) is 18.3 Å². The van der Waals surface area contributed by atoms with E-state index in [1.807, 2.05) is 50.5 Å². The molecule has 31 heavy (non-hydrogen) atoms. The number of carbonyl (C=O) groups excluding carboxylic acids is 2. The van der Waals surface area contributed by atoms with Gasteiger partial charge in [0.1, 0.15) is 5.82 Å². The van der Waals surface area contributed by atoms with E-state index in [0.717, 1.165) is 15.5 Å². The van der Waals surface area contributed by atoms with Crippen LogP contribution in [0.4, 0.5) is 0 Å². The third-order valence-corrected chi connectivity index (χ3v) is 5.50. The molecule has 0 unspecified atom stereocenters. The molecule has 162 valence electrons. The van der Waals surface area contributed by atoms with Gasteiger partial charge in [-0.3, -0.25) is 14.5 Å². The Morgan fingerprint density at radius 2 is 1.74 bits per heavy atom. The zero-order valence-electron chi connectivity index (χ0n) is 18.5. The van der Waals surface area contributed by atoms with Crippen molar-refractivity contribution in [3.05, 3.63) is 65.7 Å². The van der Waals surface area contributed by atoms with Crippen LogP contribution in [-0.2, 0) is 22.7 Å². The van der Waals surface area contributed by atoms with Crippen molar-refractivity contribution in [2.24, 2.45) is 0 Å². The SMILES string of the molecule is CC.CCn1c(Sc2cc(C)cc(C#N)c2)cnc1CN1C(=O)C/C=C\C=C/CC1=O. The molecule has 1 aromatic heterocycles. The number of allylic oxidation sites excluding steroid dienone is 2. The van der Waals surface area contributed by atoms with Crippen LogP contribution in [-0.4, -0.2) is 26.3 Å². The van der Waals surface area contributed by atoms with Crippen LogP contribution in [0.1, 0.15) is 50.6 Å². The van der Waals surface area contributed by atoms with Crippen LogP contribution >= 0.6 is 11.8 Å². The number of nitrogens with zero attached hydrogens (tertiary/aromatic N) is 4. The van der Waals surface area contributed by atoms with Gasteiger partial charge in [0.05, 0.1) is 29.4 Å². The molecular weight excluding hydrogens is 408 g/mol. The molecule has 2 aromatic rings. The van der Waals surface area contributed by atoms with Crippen LogP contribution in [0.15, 0.2) is 58.6 Å². The lowest BCUT2D eigenvalue weighted by atomic mass is 10.2. The molecule has 0 atom stereocenters. The maximum atomic E-state index is 12.5. The lowest BCUT2D eigenvalue weighted by Crippen LogP contribution is -2.36. The number of hydrogen-bond acceptors (Lipinski definition) is 5. The topological polar surface area (TPSA) is 79.0 Å². The summed E-state index contributed by atoms with van der Waals surface area (Å²) in [4.78, 5) is 31.7. The maximum Gasteiger partial charge on any atom is 0.233 e. The molecule has 0 radical (unpaired) electrons. The third-order valence-electron chi connectivity index (χ3n) is 4.49. The van der Waals surface area contributed by atoms with Crippen molar-refractivity contribution < 1.29 is 9.59 Å². The van der Waals surface area contributed by atoms with Gasteiger partial charge in [-0.15, -0.1) is 0 Å². The summed E-state index contributed by atoms with van der Waals surface area (Å²) in [5.41, 5.74) is 1.63. The zero-order valence-corrected chi connectivity index (χ0v) is 19.3. The number of aromatic nitrogens is 2. The molecule has 0 bridgehead atoms. The van der Waals surface area contributed by atoms with Crippen LogP contribution in [0.2, 0.25) is 0 Å². The first-order valence-electron chi connectivity index (χ1n) is 10.4. The monoisotopic (exact) mass is 436 g/mol. The van der Waals surface area contributed by atoms with Crippen LogP contribution in [0.3, 0.4) is 0 Å². The Kier molecular flexibility index (Phi) is 9.29. The fraction of sp³-hybridized carbons (Fsp3) is 0.333. The first kappa shape index (κ1) is 24.2. The standard InChI is InChI=1S/C22H22N4O2S.C2H6/c1-3-25-19(15-26-20(27)8-6-4-5-7-9-21(26)28)24-14-22(25)29-18-11-16(2)10-17(12-18)13-23;1-2/h4-7,10-12,14H,3,8-9,15H2,1-2H3;1-2H3/b6-4-,7-5-;. The number of nitriles is 1. The molecule has 6 nitrogen and oxygen atoms in total. The van der Waals surface area contributed by atoms with Gasteiger partial charge in [0.15, 0.2) is 0 Å². The quantitative estimate of drug-likeness (QED) is 0.615. The van der Waals surface area contributed by atoms with Crippen molar-refractivity contribution in [1.29, 1.82) is 5.26 Å². The summed E-state index contributed by atoms with van der Waals surface area (Å²) in [6.45, 7) is 8.76. The number of aryl methyl sites for hydroxylation is 1. The highest BCUT2D eigenvalue weighted by Crippen LogP contribution is 2.30. The molecule has 0 aliphatic carbocycles. The average Bonchev–Trinajstić information content (AvgIpc) is 3.17. The van der Waals surface area contributed by atoms with E-state index in [-0.39, 0.29) is 31.2 Å². The van der Waals surface area contributed by atoms with Gasteiger partial charge in [-0.05, 0) is 37.6 Å². The van der Waals surface area contributed by atoms with Crippen LogP contribution in [0.5, 0.6) is 0 Å². The fourth-order valence-corrected chi connectivity index (χ4v) is 4.23. The van der Waals surface area contributed by atoms with E-state index in [9.17, 15) is 14.9 Å². The number of hydrogen-bond donors (Lipinski definition) is 0. The van der Waals surface area contributed by atoms with Crippen molar-refractivity contribution in [3.63, 3.8) is 0 Å². The van der Waals surface area contributed by atoms with E-state index in [1.165, 1.54) is 16.7 Å². The largest absolute Gasteiger partial charge is 0.322 e. The Bertz CT molecular complexity index is 1000. The van der Waals surface area contributed by atoms with Crippen LogP contribution < -0.4 is 0 Å². The molecule has 1 aliphatic rings. The minimum absolute atomic E-state index is 0.144. The van der Waals surface area contributed by atoms with E-state index in [0.29, 0.717) is 17.9 Å². The molecule has 2 amide bonds. The van der Waals surface area contributed by atoms with Crippen molar-refractivity contribution in [2.75, 3.05) is 0 Å². The summed E-state index contributed by atoms with van der Waals surface area (Å²) in [5, 5.41) is 10.1. The van der Waals surface area contributed by atoms with Gasteiger partial charge >= 0.3 is 0 Å². The maximum absolute atomic E-state index is 12.5. The summed E-state index contributed by atoms with van der Waals surface area (Å²) in [5.74, 6) is 0.205. The number of rotatable bonds is 5. The van der Waals surface area contributed by atoms with Crippen molar-refractivity contribution in [1.82, 2.24) is 14.5 Å². The van der Waals surface area contributed by atoms with Gasteiger partial charge in [0.25, 0.3) is 0 Å². The van der Waals surface area contributed by atoms with Crippen molar-refractivity contribution >= 4 is 23.6 Å². The predicted molar refractivity (Wildman–Crippen MR) is 122 cm³/mol. The second-order valence-electron chi connectivity index (χ2n) is 6.64. The minimum Gasteiger partial charge on any atom is -0.322 e. The normalized spacial score (nSPS) is 15.8.